The van der Waals surface area contributed by atoms with Gasteiger partial charge < -0.3 is 10.5 Å². The van der Waals surface area contributed by atoms with Crippen molar-refractivity contribution < 1.29 is 13.9 Å². The molecule has 0 aromatic heterocycles. The maximum absolute atomic E-state index is 14.0. The van der Waals surface area contributed by atoms with E-state index in [-0.39, 0.29) is 11.3 Å². The molecule has 0 aliphatic rings. The highest BCUT2D eigenvalue weighted by molar-refractivity contribution is 6.00. The first-order valence-corrected chi connectivity index (χ1v) is 6.29. The number of rotatable bonds is 5. The van der Waals surface area contributed by atoms with E-state index >= 15 is 0 Å². The van der Waals surface area contributed by atoms with Gasteiger partial charge in [0, 0.05) is 0 Å². The van der Waals surface area contributed by atoms with Crippen LogP contribution in [-0.2, 0) is 6.42 Å². The largest absolute Gasteiger partial charge is 0.494 e. The Morgan fingerprint density at radius 1 is 1.20 bits per heavy atom. The van der Waals surface area contributed by atoms with E-state index in [1.54, 1.807) is 6.07 Å². The number of halogens is 1. The van der Waals surface area contributed by atoms with Crippen LogP contribution in [0.5, 0.6) is 5.75 Å². The molecule has 0 fully saturated rings. The number of carbonyl (C=O) groups is 1. The number of nitrogens with two attached hydrogens (primary N) is 1. The standard InChI is InChI=1S/C16H16FNO2/c1-20-14-9-5-8-12(15(14)17)16(19)13(18)10-11-6-3-2-4-7-11/h2-9,13H,10,18H2,1H3. The fourth-order valence-electron chi connectivity index (χ4n) is 2.02. The van der Waals surface area contributed by atoms with Gasteiger partial charge in [0.25, 0.3) is 0 Å². The molecule has 0 saturated heterocycles. The van der Waals surface area contributed by atoms with Crippen LogP contribution in [-0.4, -0.2) is 18.9 Å². The third-order valence-electron chi connectivity index (χ3n) is 3.08. The first-order valence-electron chi connectivity index (χ1n) is 6.29. The zero-order chi connectivity index (χ0) is 14.5. The van der Waals surface area contributed by atoms with Crippen LogP contribution in [0.4, 0.5) is 4.39 Å². The van der Waals surface area contributed by atoms with Crippen molar-refractivity contribution in [3.05, 3.63) is 65.5 Å². The van der Waals surface area contributed by atoms with Crippen LogP contribution in [0.25, 0.3) is 0 Å². The Balaban J connectivity index is 2.19. The molecule has 2 N–H and O–H groups in total. The smallest absolute Gasteiger partial charge is 0.182 e. The minimum atomic E-state index is -0.779. The molecule has 0 heterocycles. The Morgan fingerprint density at radius 2 is 1.90 bits per heavy atom. The quantitative estimate of drug-likeness (QED) is 0.852. The van der Waals surface area contributed by atoms with Crippen LogP contribution < -0.4 is 10.5 Å². The van der Waals surface area contributed by atoms with Gasteiger partial charge in [-0.15, -0.1) is 0 Å². The molecule has 2 aromatic rings. The second-order valence-corrected chi connectivity index (χ2v) is 4.48. The Kier molecular flexibility index (Phi) is 4.48. The summed E-state index contributed by atoms with van der Waals surface area (Å²) in [5, 5.41) is 0. The SMILES string of the molecule is COc1cccc(C(=O)C(N)Cc2ccccc2)c1F. The van der Waals surface area contributed by atoms with Crippen molar-refractivity contribution in [3.63, 3.8) is 0 Å². The zero-order valence-electron chi connectivity index (χ0n) is 11.2. The Bertz CT molecular complexity index is 599. The number of ether oxygens (including phenoxy) is 1. The van der Waals surface area contributed by atoms with Crippen molar-refractivity contribution in [2.45, 2.75) is 12.5 Å². The van der Waals surface area contributed by atoms with Crippen LogP contribution >= 0.6 is 0 Å². The Hall–Kier alpha value is -2.20. The molecule has 0 bridgehead atoms. The molecular formula is C16H16FNO2. The number of Topliss-reactive ketones (excluding diaryl/α,β-unsaturated/α-hetero) is 1. The molecule has 2 aromatic carbocycles. The van der Waals surface area contributed by atoms with Crippen LogP contribution in [0.3, 0.4) is 0 Å². The van der Waals surface area contributed by atoms with Crippen LogP contribution in [0.1, 0.15) is 15.9 Å². The topological polar surface area (TPSA) is 52.3 Å². The lowest BCUT2D eigenvalue weighted by atomic mass is 9.98. The van der Waals surface area contributed by atoms with Gasteiger partial charge in [-0.3, -0.25) is 4.79 Å². The van der Waals surface area contributed by atoms with E-state index < -0.39 is 17.6 Å². The number of hydrogen-bond acceptors (Lipinski definition) is 3. The number of ketones is 1. The van der Waals surface area contributed by atoms with Gasteiger partial charge in [-0.05, 0) is 24.1 Å². The lowest BCUT2D eigenvalue weighted by Crippen LogP contribution is -2.33. The summed E-state index contributed by atoms with van der Waals surface area (Å²) >= 11 is 0. The summed E-state index contributed by atoms with van der Waals surface area (Å²) in [5.74, 6) is -1.04. The van der Waals surface area contributed by atoms with Crippen LogP contribution in [0, 0.1) is 5.82 Å². The molecular weight excluding hydrogens is 257 g/mol. The second kappa shape index (κ2) is 6.30. The summed E-state index contributed by atoms with van der Waals surface area (Å²) in [6.07, 6.45) is 0.371. The lowest BCUT2D eigenvalue weighted by Gasteiger charge is -2.12. The predicted molar refractivity (Wildman–Crippen MR) is 75.4 cm³/mol. The average molecular weight is 273 g/mol. The number of methoxy groups -OCH3 is 1. The van der Waals surface area contributed by atoms with Gasteiger partial charge in [-0.1, -0.05) is 36.4 Å². The van der Waals surface area contributed by atoms with Crippen LogP contribution in [0.2, 0.25) is 0 Å². The molecule has 0 spiro atoms. The summed E-state index contributed by atoms with van der Waals surface area (Å²) in [7, 11) is 1.36. The number of carbonyl (C=O) groups excluding carboxylic acids is 1. The summed E-state index contributed by atoms with van der Waals surface area (Å²) in [6.45, 7) is 0. The molecule has 20 heavy (non-hydrogen) atoms. The molecule has 0 aliphatic heterocycles. The van der Waals surface area contributed by atoms with Gasteiger partial charge >= 0.3 is 0 Å². The highest BCUT2D eigenvalue weighted by atomic mass is 19.1. The molecule has 0 radical (unpaired) electrons. The third kappa shape index (κ3) is 3.03. The minimum Gasteiger partial charge on any atom is -0.494 e. The first-order chi connectivity index (χ1) is 9.63. The zero-order valence-corrected chi connectivity index (χ0v) is 11.2. The molecule has 3 nitrogen and oxygen atoms in total. The molecule has 104 valence electrons. The van der Waals surface area contributed by atoms with Crippen molar-refractivity contribution in [2.75, 3.05) is 7.11 Å². The van der Waals surface area contributed by atoms with Gasteiger partial charge in [-0.25, -0.2) is 4.39 Å². The second-order valence-electron chi connectivity index (χ2n) is 4.48. The maximum atomic E-state index is 14.0. The summed E-state index contributed by atoms with van der Waals surface area (Å²) in [4.78, 5) is 12.2. The first kappa shape index (κ1) is 14.2. The lowest BCUT2D eigenvalue weighted by molar-refractivity contribution is 0.0956. The van der Waals surface area contributed by atoms with E-state index in [1.807, 2.05) is 30.3 Å². The Labute approximate surface area is 117 Å². The normalized spacial score (nSPS) is 11.9. The molecule has 1 unspecified atom stereocenters. The maximum Gasteiger partial charge on any atom is 0.182 e. The summed E-state index contributed by atoms with van der Waals surface area (Å²) in [6, 6.07) is 13.1. The summed E-state index contributed by atoms with van der Waals surface area (Å²) in [5.41, 5.74) is 6.79. The summed E-state index contributed by atoms with van der Waals surface area (Å²) < 4.78 is 18.9. The van der Waals surface area contributed by atoms with Gasteiger partial charge in [0.15, 0.2) is 17.3 Å². The molecule has 4 heteroatoms. The van der Waals surface area contributed by atoms with E-state index in [0.29, 0.717) is 6.42 Å². The number of hydrogen-bond donors (Lipinski definition) is 1. The van der Waals surface area contributed by atoms with Gasteiger partial charge in [-0.2, -0.15) is 0 Å². The van der Waals surface area contributed by atoms with Crippen LogP contribution in [0.15, 0.2) is 48.5 Å². The third-order valence-corrected chi connectivity index (χ3v) is 3.08. The molecule has 0 saturated carbocycles. The van der Waals surface area contributed by atoms with Crippen molar-refractivity contribution in [1.29, 1.82) is 0 Å². The fourth-order valence-corrected chi connectivity index (χ4v) is 2.02. The van der Waals surface area contributed by atoms with Gasteiger partial charge in [0.1, 0.15) is 0 Å². The van der Waals surface area contributed by atoms with Gasteiger partial charge in [0.05, 0.1) is 18.7 Å². The van der Waals surface area contributed by atoms with E-state index in [2.05, 4.69) is 0 Å². The Morgan fingerprint density at radius 3 is 2.55 bits per heavy atom. The predicted octanol–water partition coefficient (Wildman–Crippen LogP) is 2.59. The van der Waals surface area contributed by atoms with E-state index in [1.165, 1.54) is 19.2 Å². The molecule has 0 amide bonds. The average Bonchev–Trinajstić information content (AvgIpc) is 2.48. The van der Waals surface area contributed by atoms with Crippen molar-refractivity contribution in [1.82, 2.24) is 0 Å². The minimum absolute atomic E-state index is 0.0345. The van der Waals surface area contributed by atoms with E-state index in [9.17, 15) is 9.18 Å². The highest BCUT2D eigenvalue weighted by Gasteiger charge is 2.21. The van der Waals surface area contributed by atoms with Crippen molar-refractivity contribution in [3.8, 4) is 5.75 Å². The van der Waals surface area contributed by atoms with E-state index in [4.69, 9.17) is 10.5 Å². The molecule has 2 rings (SSSR count). The molecule has 0 aliphatic carbocycles. The van der Waals surface area contributed by atoms with Gasteiger partial charge in [0.2, 0.25) is 0 Å². The number of benzene rings is 2. The van der Waals surface area contributed by atoms with Crippen molar-refractivity contribution in [2.24, 2.45) is 5.73 Å². The highest BCUT2D eigenvalue weighted by Crippen LogP contribution is 2.21. The van der Waals surface area contributed by atoms with E-state index in [0.717, 1.165) is 5.56 Å². The fraction of sp³-hybridized carbons (Fsp3) is 0.188. The molecule has 1 atom stereocenters. The van der Waals surface area contributed by atoms with Crippen molar-refractivity contribution >= 4 is 5.78 Å². The monoisotopic (exact) mass is 273 g/mol.